The summed E-state index contributed by atoms with van der Waals surface area (Å²) in [6, 6.07) is 1.88. The number of thiophene rings is 1. The van der Waals surface area contributed by atoms with E-state index in [0.29, 0.717) is 13.2 Å². The Labute approximate surface area is 90.7 Å². The van der Waals surface area contributed by atoms with Crippen LogP contribution in [0, 0.1) is 0 Å². The average Bonchev–Trinajstić information content (AvgIpc) is 2.85. The lowest BCUT2D eigenvalue weighted by Gasteiger charge is -2.04. The van der Waals surface area contributed by atoms with Gasteiger partial charge in [0.15, 0.2) is 6.29 Å². The Balaban J connectivity index is 2.06. The summed E-state index contributed by atoms with van der Waals surface area (Å²) in [5, 5.41) is 10.4. The number of hydrogen-bond acceptors (Lipinski definition) is 4. The second kappa shape index (κ2) is 4.57. The lowest BCUT2D eigenvalue weighted by Crippen LogP contribution is -1.94. The molecule has 1 aromatic heterocycles. The molecule has 1 saturated heterocycles. The smallest absolute Gasteiger partial charge is 0.328 e. The number of hydrogen-bond donors (Lipinski definition) is 1. The fraction of sp³-hybridized carbons (Fsp3) is 0.300. The van der Waals surface area contributed by atoms with E-state index in [0.717, 1.165) is 16.5 Å². The van der Waals surface area contributed by atoms with Crippen molar-refractivity contribution < 1.29 is 19.4 Å². The summed E-state index contributed by atoms with van der Waals surface area (Å²) in [7, 11) is 0. The molecule has 0 bridgehead atoms. The predicted molar refractivity (Wildman–Crippen MR) is 55.6 cm³/mol. The minimum atomic E-state index is -0.946. The first-order chi connectivity index (χ1) is 7.25. The maximum atomic E-state index is 10.3. The van der Waals surface area contributed by atoms with E-state index in [9.17, 15) is 4.79 Å². The van der Waals surface area contributed by atoms with Crippen LogP contribution in [0.2, 0.25) is 0 Å². The number of carboxylic acids is 1. The Morgan fingerprint density at radius 2 is 2.27 bits per heavy atom. The molecule has 1 aromatic rings. The molecule has 1 N–H and O–H groups in total. The second-order valence-electron chi connectivity index (χ2n) is 3.03. The maximum Gasteiger partial charge on any atom is 0.328 e. The zero-order chi connectivity index (χ0) is 10.7. The van der Waals surface area contributed by atoms with Gasteiger partial charge in [-0.2, -0.15) is 0 Å². The SMILES string of the molecule is O=C(O)/C=C/c1cc(C2OCCO2)cs1. The fourth-order valence-corrected chi connectivity index (χ4v) is 2.09. The molecule has 2 heterocycles. The van der Waals surface area contributed by atoms with Crippen molar-refractivity contribution in [2.24, 2.45) is 0 Å². The summed E-state index contributed by atoms with van der Waals surface area (Å²) in [5.74, 6) is -0.946. The minimum absolute atomic E-state index is 0.284. The van der Waals surface area contributed by atoms with Crippen LogP contribution in [0.1, 0.15) is 16.7 Å². The van der Waals surface area contributed by atoms with E-state index in [1.165, 1.54) is 11.3 Å². The molecule has 15 heavy (non-hydrogen) atoms. The van der Waals surface area contributed by atoms with Crippen molar-refractivity contribution >= 4 is 23.4 Å². The van der Waals surface area contributed by atoms with Gasteiger partial charge in [-0.15, -0.1) is 11.3 Å². The molecule has 0 amide bonds. The first-order valence-electron chi connectivity index (χ1n) is 4.48. The molecule has 0 atom stereocenters. The van der Waals surface area contributed by atoms with Crippen LogP contribution in [0.3, 0.4) is 0 Å². The average molecular weight is 226 g/mol. The van der Waals surface area contributed by atoms with E-state index in [-0.39, 0.29) is 6.29 Å². The van der Waals surface area contributed by atoms with Crippen molar-refractivity contribution in [1.29, 1.82) is 0 Å². The van der Waals surface area contributed by atoms with E-state index in [2.05, 4.69) is 0 Å². The standard InChI is InChI=1S/C10H10O4S/c11-9(12)2-1-8-5-7(6-15-8)10-13-3-4-14-10/h1-2,5-6,10H,3-4H2,(H,11,12)/b2-1+. The van der Waals surface area contributed by atoms with Gasteiger partial charge in [0.2, 0.25) is 0 Å². The van der Waals surface area contributed by atoms with Gasteiger partial charge in [0.1, 0.15) is 0 Å². The maximum absolute atomic E-state index is 10.3. The Morgan fingerprint density at radius 1 is 1.53 bits per heavy atom. The molecule has 0 aliphatic carbocycles. The third kappa shape index (κ3) is 2.65. The molecule has 0 unspecified atom stereocenters. The first-order valence-corrected chi connectivity index (χ1v) is 5.36. The van der Waals surface area contributed by atoms with Crippen molar-refractivity contribution in [2.45, 2.75) is 6.29 Å². The summed E-state index contributed by atoms with van der Waals surface area (Å²) in [5.41, 5.74) is 0.947. The summed E-state index contributed by atoms with van der Waals surface area (Å²) in [6.07, 6.45) is 2.39. The van der Waals surface area contributed by atoms with Crippen LogP contribution < -0.4 is 0 Å². The van der Waals surface area contributed by atoms with Gasteiger partial charge in [0.25, 0.3) is 0 Å². The highest BCUT2D eigenvalue weighted by Gasteiger charge is 2.18. The molecule has 0 aromatic carbocycles. The van der Waals surface area contributed by atoms with E-state index in [1.807, 2.05) is 11.4 Å². The van der Waals surface area contributed by atoms with Crippen LogP contribution >= 0.6 is 11.3 Å². The third-order valence-corrected chi connectivity index (χ3v) is 2.84. The number of carboxylic acid groups (broad SMARTS) is 1. The van der Waals surface area contributed by atoms with Gasteiger partial charge in [-0.25, -0.2) is 4.79 Å². The molecule has 1 aliphatic rings. The van der Waals surface area contributed by atoms with Gasteiger partial charge >= 0.3 is 5.97 Å². The number of carbonyl (C=O) groups is 1. The molecular weight excluding hydrogens is 216 g/mol. The molecule has 4 nitrogen and oxygen atoms in total. The van der Waals surface area contributed by atoms with Crippen molar-refractivity contribution in [3.8, 4) is 0 Å². The summed E-state index contributed by atoms with van der Waals surface area (Å²) < 4.78 is 10.6. The van der Waals surface area contributed by atoms with Crippen LogP contribution in [-0.2, 0) is 14.3 Å². The summed E-state index contributed by atoms with van der Waals surface area (Å²) in [6.45, 7) is 1.22. The van der Waals surface area contributed by atoms with E-state index in [1.54, 1.807) is 6.08 Å². The Hall–Kier alpha value is -1.17. The molecule has 80 valence electrons. The zero-order valence-corrected chi connectivity index (χ0v) is 8.70. The summed E-state index contributed by atoms with van der Waals surface area (Å²) in [4.78, 5) is 11.2. The lowest BCUT2D eigenvalue weighted by atomic mass is 10.3. The van der Waals surface area contributed by atoms with Crippen LogP contribution in [0.25, 0.3) is 6.08 Å². The molecule has 1 fully saturated rings. The van der Waals surface area contributed by atoms with Gasteiger partial charge in [-0.05, 0) is 17.5 Å². The number of aliphatic carboxylic acids is 1. The summed E-state index contributed by atoms with van der Waals surface area (Å²) >= 11 is 1.47. The number of rotatable bonds is 3. The topological polar surface area (TPSA) is 55.8 Å². The van der Waals surface area contributed by atoms with Gasteiger partial charge in [-0.1, -0.05) is 0 Å². The largest absolute Gasteiger partial charge is 0.478 e. The van der Waals surface area contributed by atoms with Gasteiger partial charge in [0, 0.05) is 16.5 Å². The molecule has 0 radical (unpaired) electrons. The van der Waals surface area contributed by atoms with Crippen LogP contribution in [-0.4, -0.2) is 24.3 Å². The van der Waals surface area contributed by atoms with E-state index >= 15 is 0 Å². The second-order valence-corrected chi connectivity index (χ2v) is 3.97. The van der Waals surface area contributed by atoms with Crippen molar-refractivity contribution in [3.05, 3.63) is 28.0 Å². The molecular formula is C10H10O4S. The highest BCUT2D eigenvalue weighted by atomic mass is 32.1. The quantitative estimate of drug-likeness (QED) is 0.800. The highest BCUT2D eigenvalue weighted by Crippen LogP contribution is 2.28. The Kier molecular flexibility index (Phi) is 3.15. The molecule has 2 rings (SSSR count). The van der Waals surface area contributed by atoms with Crippen LogP contribution in [0.15, 0.2) is 17.5 Å². The molecule has 1 aliphatic heterocycles. The predicted octanol–water partition coefficient (Wildman–Crippen LogP) is 1.89. The van der Waals surface area contributed by atoms with E-state index in [4.69, 9.17) is 14.6 Å². The molecule has 0 spiro atoms. The van der Waals surface area contributed by atoms with Gasteiger partial charge in [0.05, 0.1) is 13.2 Å². The molecule has 0 saturated carbocycles. The van der Waals surface area contributed by atoms with Crippen LogP contribution in [0.4, 0.5) is 0 Å². The fourth-order valence-electron chi connectivity index (χ4n) is 1.28. The Morgan fingerprint density at radius 3 is 2.93 bits per heavy atom. The van der Waals surface area contributed by atoms with Gasteiger partial charge < -0.3 is 14.6 Å². The van der Waals surface area contributed by atoms with Crippen LogP contribution in [0.5, 0.6) is 0 Å². The van der Waals surface area contributed by atoms with Gasteiger partial charge in [-0.3, -0.25) is 0 Å². The molecule has 5 heteroatoms. The number of ether oxygens (including phenoxy) is 2. The first kappa shape index (κ1) is 10.4. The van der Waals surface area contributed by atoms with Crippen molar-refractivity contribution in [3.63, 3.8) is 0 Å². The zero-order valence-electron chi connectivity index (χ0n) is 7.88. The third-order valence-electron chi connectivity index (χ3n) is 1.92. The lowest BCUT2D eigenvalue weighted by molar-refractivity contribution is -0.131. The van der Waals surface area contributed by atoms with Crippen molar-refractivity contribution in [2.75, 3.05) is 13.2 Å². The minimum Gasteiger partial charge on any atom is -0.478 e. The van der Waals surface area contributed by atoms with E-state index < -0.39 is 5.97 Å². The normalized spacial score (nSPS) is 17.6. The highest BCUT2D eigenvalue weighted by molar-refractivity contribution is 7.11. The Bertz CT molecular complexity index is 377. The monoisotopic (exact) mass is 226 g/mol. The van der Waals surface area contributed by atoms with Crippen molar-refractivity contribution in [1.82, 2.24) is 0 Å².